The van der Waals surface area contributed by atoms with Crippen LogP contribution in [0.2, 0.25) is 0 Å². The summed E-state index contributed by atoms with van der Waals surface area (Å²) in [5.74, 6) is -0.613. The first kappa shape index (κ1) is 32.3. The maximum atomic E-state index is 13.2. The van der Waals surface area contributed by atoms with Gasteiger partial charge >= 0.3 is 12.4 Å². The van der Waals surface area contributed by atoms with Crippen LogP contribution in [0.3, 0.4) is 0 Å². The van der Waals surface area contributed by atoms with E-state index in [4.69, 9.17) is 4.74 Å². The number of carbonyl (C=O) groups excluding carboxylic acids is 2. The number of para-hydroxylation sites is 1. The molecule has 0 bridgehead atoms. The fourth-order valence-electron chi connectivity index (χ4n) is 5.10. The molecule has 3 N–H and O–H groups in total. The van der Waals surface area contributed by atoms with Crippen molar-refractivity contribution in [2.24, 2.45) is 0 Å². The van der Waals surface area contributed by atoms with Crippen LogP contribution in [0.1, 0.15) is 28.7 Å². The molecule has 5 rings (SSSR count). The second-order valence-corrected chi connectivity index (χ2v) is 10.7. The molecule has 2 aromatic heterocycles. The summed E-state index contributed by atoms with van der Waals surface area (Å²) in [6, 6.07) is 17.0. The van der Waals surface area contributed by atoms with Crippen molar-refractivity contribution in [1.82, 2.24) is 20.6 Å². The third-order valence-electron chi connectivity index (χ3n) is 7.30. The van der Waals surface area contributed by atoms with Gasteiger partial charge in [0.05, 0.1) is 22.7 Å². The zero-order valence-electron chi connectivity index (χ0n) is 24.1. The van der Waals surface area contributed by atoms with Crippen LogP contribution in [-0.4, -0.2) is 41.0 Å². The summed E-state index contributed by atoms with van der Waals surface area (Å²) in [6.45, 7) is -0.387. The van der Waals surface area contributed by atoms with Crippen molar-refractivity contribution in [2.75, 3.05) is 13.2 Å². The molecular formula is C33H28F6N4O3. The molecule has 240 valence electrons. The molecule has 3 aromatic carbocycles. The van der Waals surface area contributed by atoms with E-state index in [0.717, 1.165) is 21.9 Å². The average Bonchev–Trinajstić information content (AvgIpc) is 3.43. The van der Waals surface area contributed by atoms with Gasteiger partial charge < -0.3 is 20.4 Å². The number of benzene rings is 3. The van der Waals surface area contributed by atoms with Crippen LogP contribution in [0.4, 0.5) is 26.3 Å². The van der Waals surface area contributed by atoms with Gasteiger partial charge in [0.1, 0.15) is 5.75 Å². The zero-order chi connectivity index (χ0) is 32.9. The molecule has 5 aromatic rings. The van der Waals surface area contributed by atoms with Gasteiger partial charge in [-0.05, 0) is 72.5 Å². The number of nitrogens with one attached hydrogen (secondary N) is 3. The Morgan fingerprint density at radius 1 is 0.848 bits per heavy atom. The quantitative estimate of drug-likeness (QED) is 0.141. The number of aromatic amines is 1. The normalized spacial score (nSPS) is 12.7. The Hall–Kier alpha value is -5.07. The molecule has 2 amide bonds. The van der Waals surface area contributed by atoms with Crippen LogP contribution < -0.4 is 15.4 Å². The van der Waals surface area contributed by atoms with Gasteiger partial charge in [0.2, 0.25) is 5.91 Å². The first-order valence-corrected chi connectivity index (χ1v) is 14.2. The van der Waals surface area contributed by atoms with Gasteiger partial charge in [-0.25, -0.2) is 0 Å². The van der Waals surface area contributed by atoms with Crippen LogP contribution in [0.5, 0.6) is 5.75 Å². The third kappa shape index (κ3) is 8.14. The summed E-state index contributed by atoms with van der Waals surface area (Å²) in [4.78, 5) is 33.1. The first-order chi connectivity index (χ1) is 21.9. The lowest BCUT2D eigenvalue weighted by molar-refractivity contribution is -0.143. The van der Waals surface area contributed by atoms with Crippen molar-refractivity contribution in [3.05, 3.63) is 107 Å². The number of halogens is 6. The van der Waals surface area contributed by atoms with E-state index in [2.05, 4.69) is 20.6 Å². The number of carbonyl (C=O) groups is 2. The molecule has 1 unspecified atom stereocenters. The molecule has 0 saturated carbocycles. The average molecular weight is 643 g/mol. The SMILES string of the molecule is O=C(CCc1cc(C(F)(F)F)cc(C(F)(F)F)c1)NCC(Cc1c[nH]c2ccccc12)NC(=O)COc1cccc2ncccc12. The van der Waals surface area contributed by atoms with Gasteiger partial charge in [0, 0.05) is 41.6 Å². The summed E-state index contributed by atoms with van der Waals surface area (Å²) in [5.41, 5.74) is -0.733. The first-order valence-electron chi connectivity index (χ1n) is 14.2. The maximum Gasteiger partial charge on any atom is 0.416 e. The van der Waals surface area contributed by atoms with Crippen molar-refractivity contribution >= 4 is 33.6 Å². The minimum Gasteiger partial charge on any atom is -0.483 e. The number of ether oxygens (including phenoxy) is 1. The summed E-state index contributed by atoms with van der Waals surface area (Å²) >= 11 is 0. The summed E-state index contributed by atoms with van der Waals surface area (Å²) in [6.07, 6.45) is -6.97. The monoisotopic (exact) mass is 642 g/mol. The van der Waals surface area contributed by atoms with E-state index in [9.17, 15) is 35.9 Å². The molecule has 0 fully saturated rings. The number of alkyl halides is 6. The number of pyridine rings is 1. The Kier molecular flexibility index (Phi) is 9.49. The molecule has 0 radical (unpaired) electrons. The summed E-state index contributed by atoms with van der Waals surface area (Å²) in [5, 5.41) is 7.15. The van der Waals surface area contributed by atoms with Crippen LogP contribution in [0, 0.1) is 0 Å². The second-order valence-electron chi connectivity index (χ2n) is 10.7. The topological polar surface area (TPSA) is 96.1 Å². The van der Waals surface area contributed by atoms with Gasteiger partial charge in [-0.15, -0.1) is 0 Å². The molecule has 0 aliphatic heterocycles. The fourth-order valence-corrected chi connectivity index (χ4v) is 5.10. The number of hydrogen-bond acceptors (Lipinski definition) is 4. The van der Waals surface area contributed by atoms with Crippen molar-refractivity contribution in [1.29, 1.82) is 0 Å². The molecule has 2 heterocycles. The molecule has 0 aliphatic rings. The highest BCUT2D eigenvalue weighted by atomic mass is 19.4. The smallest absolute Gasteiger partial charge is 0.416 e. The van der Waals surface area contributed by atoms with Crippen molar-refractivity contribution < 1.29 is 40.7 Å². The predicted molar refractivity (Wildman–Crippen MR) is 159 cm³/mol. The number of hydrogen-bond donors (Lipinski definition) is 3. The Labute approximate surface area is 259 Å². The molecule has 13 heteroatoms. The standard InChI is InChI=1S/C33H28F6N4O3/c34-32(35,36)22-13-20(14-23(16-22)33(37,38)39)10-11-30(44)42-18-24(15-21-17-41-27-7-2-1-5-25(21)27)43-31(45)19-46-29-9-3-8-28-26(29)6-4-12-40-28/h1-9,12-14,16-17,24,41H,10-11,15,18-19H2,(H,42,44)(H,43,45). The molecule has 0 aliphatic carbocycles. The van der Waals surface area contributed by atoms with Gasteiger partial charge in [-0.2, -0.15) is 26.3 Å². The van der Waals surface area contributed by atoms with E-state index in [1.165, 1.54) is 0 Å². The Balaban J connectivity index is 1.25. The highest BCUT2D eigenvalue weighted by Crippen LogP contribution is 2.36. The second kappa shape index (κ2) is 13.5. The maximum absolute atomic E-state index is 13.2. The van der Waals surface area contributed by atoms with Crippen molar-refractivity contribution in [2.45, 2.75) is 37.7 Å². The van der Waals surface area contributed by atoms with Gasteiger partial charge in [-0.3, -0.25) is 14.6 Å². The molecule has 0 saturated heterocycles. The number of amides is 2. The van der Waals surface area contributed by atoms with Crippen LogP contribution in [-0.2, 0) is 34.8 Å². The number of nitrogens with zero attached hydrogens (tertiary/aromatic N) is 1. The van der Waals surface area contributed by atoms with Crippen molar-refractivity contribution in [3.63, 3.8) is 0 Å². The van der Waals surface area contributed by atoms with Crippen molar-refractivity contribution in [3.8, 4) is 5.75 Å². The fraction of sp³-hybridized carbons (Fsp3) is 0.242. The molecule has 1 atom stereocenters. The number of fused-ring (bicyclic) bond motifs is 2. The lowest BCUT2D eigenvalue weighted by Crippen LogP contribution is -2.46. The number of aromatic nitrogens is 2. The number of rotatable bonds is 11. The largest absolute Gasteiger partial charge is 0.483 e. The van der Waals surface area contributed by atoms with Gasteiger partial charge in [0.25, 0.3) is 5.91 Å². The predicted octanol–water partition coefficient (Wildman–Crippen LogP) is 6.61. The molecule has 46 heavy (non-hydrogen) atoms. The highest BCUT2D eigenvalue weighted by Gasteiger charge is 2.36. The summed E-state index contributed by atoms with van der Waals surface area (Å²) < 4.78 is 85.1. The van der Waals surface area contributed by atoms with E-state index in [1.807, 2.05) is 36.4 Å². The Morgan fingerprint density at radius 2 is 1.57 bits per heavy atom. The van der Waals surface area contributed by atoms with Crippen LogP contribution in [0.15, 0.2) is 85.2 Å². The van der Waals surface area contributed by atoms with E-state index < -0.39 is 41.3 Å². The van der Waals surface area contributed by atoms with Crippen LogP contribution in [0.25, 0.3) is 21.8 Å². The minimum absolute atomic E-state index is 0.0441. The van der Waals surface area contributed by atoms with E-state index in [1.54, 1.807) is 30.6 Å². The molecule has 0 spiro atoms. The molecule has 7 nitrogen and oxygen atoms in total. The number of aryl methyl sites for hydroxylation is 1. The Bertz CT molecular complexity index is 1810. The summed E-state index contributed by atoms with van der Waals surface area (Å²) in [7, 11) is 0. The highest BCUT2D eigenvalue weighted by molar-refractivity contribution is 5.86. The number of H-pyrrole nitrogens is 1. The van der Waals surface area contributed by atoms with E-state index >= 15 is 0 Å². The minimum atomic E-state index is -4.99. The lowest BCUT2D eigenvalue weighted by Gasteiger charge is -2.20. The van der Waals surface area contributed by atoms with Crippen LogP contribution >= 0.6 is 0 Å². The van der Waals surface area contributed by atoms with Gasteiger partial charge in [-0.1, -0.05) is 24.3 Å². The molecular weight excluding hydrogens is 614 g/mol. The lowest BCUT2D eigenvalue weighted by atomic mass is 10.0. The van der Waals surface area contributed by atoms with E-state index in [0.29, 0.717) is 29.8 Å². The third-order valence-corrected chi connectivity index (χ3v) is 7.30. The Morgan fingerprint density at radius 3 is 2.30 bits per heavy atom. The van der Waals surface area contributed by atoms with E-state index in [-0.39, 0.29) is 37.6 Å². The zero-order valence-corrected chi connectivity index (χ0v) is 24.1. The van der Waals surface area contributed by atoms with Gasteiger partial charge in [0.15, 0.2) is 6.61 Å².